The van der Waals surface area contributed by atoms with Gasteiger partial charge in [-0.15, -0.1) is 0 Å². The number of allylic oxidation sites excluding steroid dienone is 4. The first-order chi connectivity index (χ1) is 17.4. The van der Waals surface area contributed by atoms with Gasteiger partial charge in [-0.2, -0.15) is 0 Å². The molecule has 0 amide bonds. The van der Waals surface area contributed by atoms with E-state index in [1.807, 2.05) is 19.9 Å². The summed E-state index contributed by atoms with van der Waals surface area (Å²) in [5, 5.41) is 2.60. The Balaban J connectivity index is 2.06. The van der Waals surface area contributed by atoms with Gasteiger partial charge in [0, 0.05) is 6.92 Å². The topological polar surface area (TPSA) is 35.5 Å². The third-order valence-electron chi connectivity index (χ3n) is 6.55. The highest BCUT2D eigenvalue weighted by Gasteiger charge is 2.49. The summed E-state index contributed by atoms with van der Waals surface area (Å²) in [4.78, 5) is 11.2. The molecule has 0 aliphatic heterocycles. The number of esters is 1. The molecule has 0 unspecified atom stereocenters. The van der Waals surface area contributed by atoms with E-state index in [-0.39, 0.29) is 11.0 Å². The highest BCUT2D eigenvalue weighted by Crippen LogP contribution is 2.36. The van der Waals surface area contributed by atoms with Crippen LogP contribution in [0.4, 0.5) is 0 Å². The molecule has 0 aliphatic rings. The van der Waals surface area contributed by atoms with E-state index in [1.165, 1.54) is 28.4 Å². The Morgan fingerprint density at radius 1 is 0.811 bits per heavy atom. The largest absolute Gasteiger partial charge is 0.456 e. The lowest BCUT2D eigenvalue weighted by Gasteiger charge is -2.42. The van der Waals surface area contributed by atoms with Crippen molar-refractivity contribution in [2.75, 3.05) is 6.61 Å². The average molecular weight is 519 g/mol. The van der Waals surface area contributed by atoms with Crippen LogP contribution in [0.15, 0.2) is 96.1 Å². The Labute approximate surface area is 226 Å². The fraction of sp³-hybridized carbons (Fsp3) is 0.424. The normalized spacial score (nSPS) is 13.7. The van der Waals surface area contributed by atoms with Gasteiger partial charge in [-0.25, -0.2) is 0 Å². The van der Waals surface area contributed by atoms with Crippen LogP contribution in [0.5, 0.6) is 0 Å². The molecule has 2 aromatic rings. The molecule has 37 heavy (non-hydrogen) atoms. The van der Waals surface area contributed by atoms with Gasteiger partial charge < -0.3 is 9.16 Å². The highest BCUT2D eigenvalue weighted by atomic mass is 28.4. The number of hydrogen-bond acceptors (Lipinski definition) is 3. The van der Waals surface area contributed by atoms with Crippen molar-refractivity contribution in [1.29, 1.82) is 0 Å². The van der Waals surface area contributed by atoms with Crippen LogP contribution < -0.4 is 10.4 Å². The van der Waals surface area contributed by atoms with Crippen LogP contribution in [-0.2, 0) is 14.0 Å². The van der Waals surface area contributed by atoms with Gasteiger partial charge >= 0.3 is 5.97 Å². The number of ether oxygens (including phenoxy) is 1. The Bertz CT molecular complexity index is 1030. The zero-order chi connectivity index (χ0) is 27.5. The van der Waals surface area contributed by atoms with E-state index < -0.39 is 13.9 Å². The fourth-order valence-electron chi connectivity index (χ4n) is 4.74. The summed E-state index contributed by atoms with van der Waals surface area (Å²) in [6.45, 7) is 17.1. The lowest BCUT2D eigenvalue weighted by molar-refractivity contribution is -0.149. The Morgan fingerprint density at radius 3 is 1.84 bits per heavy atom. The molecule has 4 heteroatoms. The number of carbonyl (C=O) groups is 1. The third-order valence-corrected chi connectivity index (χ3v) is 11.6. The van der Waals surface area contributed by atoms with E-state index in [0.717, 1.165) is 19.3 Å². The van der Waals surface area contributed by atoms with E-state index in [4.69, 9.17) is 9.16 Å². The van der Waals surface area contributed by atoms with Crippen LogP contribution in [0.2, 0.25) is 5.04 Å². The van der Waals surface area contributed by atoms with Crippen LogP contribution >= 0.6 is 0 Å². The second-order valence-electron chi connectivity index (χ2n) is 11.4. The lowest BCUT2D eigenvalue weighted by Crippen LogP contribution is -2.66. The summed E-state index contributed by atoms with van der Waals surface area (Å²) in [5.74, 6) is -0.261. The maximum Gasteiger partial charge on any atom is 0.303 e. The first-order valence-corrected chi connectivity index (χ1v) is 15.2. The number of carbonyl (C=O) groups excluding carboxylic acids is 1. The van der Waals surface area contributed by atoms with Crippen molar-refractivity contribution in [2.24, 2.45) is 0 Å². The Morgan fingerprint density at radius 2 is 1.35 bits per heavy atom. The molecule has 0 N–H and O–H groups in total. The van der Waals surface area contributed by atoms with E-state index in [9.17, 15) is 4.79 Å². The van der Waals surface area contributed by atoms with Gasteiger partial charge in [-0.1, -0.05) is 111 Å². The molecule has 0 aromatic heterocycles. The van der Waals surface area contributed by atoms with Gasteiger partial charge in [-0.05, 0) is 68.4 Å². The predicted molar refractivity (Wildman–Crippen MR) is 160 cm³/mol. The second-order valence-corrected chi connectivity index (χ2v) is 15.7. The summed E-state index contributed by atoms with van der Waals surface area (Å²) in [6.07, 6.45) is 11.4. The van der Waals surface area contributed by atoms with Crippen molar-refractivity contribution in [3.05, 3.63) is 96.1 Å². The molecule has 0 saturated carbocycles. The third kappa shape index (κ3) is 9.28. The second kappa shape index (κ2) is 13.7. The van der Waals surface area contributed by atoms with Crippen molar-refractivity contribution in [2.45, 2.75) is 85.3 Å². The zero-order valence-electron chi connectivity index (χ0n) is 24.1. The molecular formula is C33H46O3Si. The molecule has 0 atom stereocenters. The highest BCUT2D eigenvalue weighted by molar-refractivity contribution is 6.99. The SMILES string of the molecule is CC(=O)OC(C)(C)/C=C/C/C(C)=C/CC/C(C)=C/CO[Si](c1ccccc1)(c1ccccc1)C(C)(C)C. The van der Waals surface area contributed by atoms with E-state index >= 15 is 0 Å². The number of rotatable bonds is 12. The minimum atomic E-state index is -2.50. The van der Waals surface area contributed by atoms with Gasteiger partial charge in [-0.3, -0.25) is 4.79 Å². The molecule has 0 heterocycles. The van der Waals surface area contributed by atoms with Crippen molar-refractivity contribution in [1.82, 2.24) is 0 Å². The standard InChI is InChI=1S/C33H46O3Si/c1-27(19-16-25-33(7,8)36-29(3)34)17-15-18-28(2)24-26-35-37(32(4,5)6,30-20-11-9-12-21-30)31-22-13-10-14-23-31/h9-14,16-17,20-25H,15,18-19,26H2,1-8H3/b25-16+,27-17+,28-24+. The van der Waals surface area contributed by atoms with Crippen LogP contribution in [0, 0.1) is 0 Å². The molecule has 0 saturated heterocycles. The van der Waals surface area contributed by atoms with Crippen LogP contribution in [0.1, 0.15) is 74.7 Å². The maximum atomic E-state index is 11.2. The van der Waals surface area contributed by atoms with Crippen LogP contribution in [0.25, 0.3) is 0 Å². The predicted octanol–water partition coefficient (Wildman–Crippen LogP) is 7.52. The maximum absolute atomic E-state index is 11.2. The summed E-state index contributed by atoms with van der Waals surface area (Å²) < 4.78 is 12.3. The molecule has 0 bridgehead atoms. The molecule has 0 spiro atoms. The van der Waals surface area contributed by atoms with Crippen molar-refractivity contribution in [3.8, 4) is 0 Å². The number of benzene rings is 2. The smallest absolute Gasteiger partial charge is 0.303 e. The quantitative estimate of drug-likeness (QED) is 0.166. The average Bonchev–Trinajstić information content (AvgIpc) is 2.81. The fourth-order valence-corrected chi connectivity index (χ4v) is 9.22. The Hall–Kier alpha value is -2.69. The summed E-state index contributed by atoms with van der Waals surface area (Å²) in [7, 11) is -2.50. The summed E-state index contributed by atoms with van der Waals surface area (Å²) in [6, 6.07) is 21.6. The van der Waals surface area contributed by atoms with Gasteiger partial charge in [0.2, 0.25) is 0 Å². The van der Waals surface area contributed by atoms with Crippen LogP contribution in [-0.4, -0.2) is 26.5 Å². The monoisotopic (exact) mass is 518 g/mol. The molecular weight excluding hydrogens is 472 g/mol. The van der Waals surface area contributed by atoms with Crippen molar-refractivity contribution in [3.63, 3.8) is 0 Å². The van der Waals surface area contributed by atoms with Gasteiger partial charge in [0.25, 0.3) is 8.32 Å². The summed E-state index contributed by atoms with van der Waals surface area (Å²) in [5.41, 5.74) is 2.08. The minimum absolute atomic E-state index is 0.0190. The van der Waals surface area contributed by atoms with Gasteiger partial charge in [0.15, 0.2) is 0 Å². The van der Waals surface area contributed by atoms with E-state index in [1.54, 1.807) is 0 Å². The van der Waals surface area contributed by atoms with E-state index in [0.29, 0.717) is 6.61 Å². The number of hydrogen-bond donors (Lipinski definition) is 0. The first kappa shape index (κ1) is 30.5. The Kier molecular flexibility index (Phi) is 11.3. The minimum Gasteiger partial charge on any atom is -0.456 e. The van der Waals surface area contributed by atoms with E-state index in [2.05, 4.69) is 114 Å². The zero-order valence-corrected chi connectivity index (χ0v) is 25.1. The molecule has 3 nitrogen and oxygen atoms in total. The van der Waals surface area contributed by atoms with Gasteiger partial charge in [0.05, 0.1) is 6.61 Å². The van der Waals surface area contributed by atoms with Crippen molar-refractivity contribution < 1.29 is 14.0 Å². The molecule has 0 radical (unpaired) electrons. The first-order valence-electron chi connectivity index (χ1n) is 13.3. The van der Waals surface area contributed by atoms with Crippen molar-refractivity contribution >= 4 is 24.7 Å². The molecule has 0 fully saturated rings. The lowest BCUT2D eigenvalue weighted by atomic mass is 10.1. The molecule has 200 valence electrons. The van der Waals surface area contributed by atoms with Gasteiger partial charge in [0.1, 0.15) is 5.60 Å². The summed E-state index contributed by atoms with van der Waals surface area (Å²) >= 11 is 0. The molecule has 0 aliphatic carbocycles. The molecule has 2 aromatic carbocycles. The molecule has 2 rings (SSSR count). The van der Waals surface area contributed by atoms with Crippen LogP contribution in [0.3, 0.4) is 0 Å².